The Hall–Kier alpha value is -0.820. The van der Waals surface area contributed by atoms with Crippen LogP contribution in [0.25, 0.3) is 0 Å². The van der Waals surface area contributed by atoms with Gasteiger partial charge in [-0.25, -0.2) is 0 Å². The minimum Gasteiger partial charge on any atom is -0.388 e. The summed E-state index contributed by atoms with van der Waals surface area (Å²) in [4.78, 5) is 0. The van der Waals surface area contributed by atoms with Crippen LogP contribution < -0.4 is 0 Å². The van der Waals surface area contributed by atoms with Gasteiger partial charge >= 0.3 is 0 Å². The molecule has 1 N–H and O–H groups in total. The number of aryl methyl sites for hydroxylation is 1. The first-order valence-corrected chi connectivity index (χ1v) is 5.03. The number of hydrogen-bond acceptors (Lipinski definition) is 1. The predicted octanol–water partition coefficient (Wildman–Crippen LogP) is 2.69. The highest BCUT2D eigenvalue weighted by Gasteiger charge is 2.19. The van der Waals surface area contributed by atoms with E-state index >= 15 is 0 Å². The molecule has 1 aliphatic carbocycles. The van der Waals surface area contributed by atoms with Gasteiger partial charge in [0.15, 0.2) is 0 Å². The summed E-state index contributed by atoms with van der Waals surface area (Å²) in [6, 6.07) is 8.26. The van der Waals surface area contributed by atoms with Gasteiger partial charge in [0.25, 0.3) is 0 Å². The lowest BCUT2D eigenvalue weighted by atomic mass is 10.00. The SMILES string of the molecule is CC1CCc2ccccc2C(O)C1. The zero-order valence-electron chi connectivity index (χ0n) is 8.03. The maximum atomic E-state index is 9.91. The first kappa shape index (κ1) is 8.76. The van der Waals surface area contributed by atoms with Gasteiger partial charge in [-0.2, -0.15) is 0 Å². The summed E-state index contributed by atoms with van der Waals surface area (Å²) in [7, 11) is 0. The molecule has 0 spiro atoms. The van der Waals surface area contributed by atoms with Crippen molar-refractivity contribution in [1.82, 2.24) is 0 Å². The number of aliphatic hydroxyl groups is 1. The molecule has 70 valence electrons. The van der Waals surface area contributed by atoms with Crippen molar-refractivity contribution in [2.45, 2.75) is 32.3 Å². The first-order chi connectivity index (χ1) is 6.27. The molecule has 0 bridgehead atoms. The number of benzene rings is 1. The van der Waals surface area contributed by atoms with Crippen LogP contribution in [0.15, 0.2) is 24.3 Å². The van der Waals surface area contributed by atoms with E-state index in [1.807, 2.05) is 6.07 Å². The maximum Gasteiger partial charge on any atom is 0.0795 e. The van der Waals surface area contributed by atoms with E-state index in [2.05, 4.69) is 25.1 Å². The number of rotatable bonds is 0. The molecule has 1 heteroatoms. The summed E-state index contributed by atoms with van der Waals surface area (Å²) >= 11 is 0. The Morgan fingerprint density at radius 2 is 2.08 bits per heavy atom. The van der Waals surface area contributed by atoms with Gasteiger partial charge in [0.1, 0.15) is 0 Å². The average molecular weight is 176 g/mol. The standard InChI is InChI=1S/C12H16O/c1-9-6-7-10-4-2-3-5-11(10)12(13)8-9/h2-5,9,12-13H,6-8H2,1H3. The van der Waals surface area contributed by atoms with Crippen LogP contribution >= 0.6 is 0 Å². The zero-order valence-corrected chi connectivity index (χ0v) is 8.03. The topological polar surface area (TPSA) is 20.2 Å². The van der Waals surface area contributed by atoms with Crippen molar-refractivity contribution in [2.75, 3.05) is 0 Å². The Kier molecular flexibility index (Phi) is 2.36. The lowest BCUT2D eigenvalue weighted by molar-refractivity contribution is 0.150. The van der Waals surface area contributed by atoms with Crippen molar-refractivity contribution in [3.8, 4) is 0 Å². The van der Waals surface area contributed by atoms with Gasteiger partial charge in [0.05, 0.1) is 6.10 Å². The molecule has 1 nitrogen and oxygen atoms in total. The van der Waals surface area contributed by atoms with Crippen molar-refractivity contribution < 1.29 is 5.11 Å². The molecule has 1 aromatic carbocycles. The summed E-state index contributed by atoms with van der Waals surface area (Å²) < 4.78 is 0. The van der Waals surface area contributed by atoms with Crippen molar-refractivity contribution >= 4 is 0 Å². The molecule has 0 aliphatic heterocycles. The lowest BCUT2D eigenvalue weighted by Gasteiger charge is -2.12. The Bertz CT molecular complexity index is 293. The summed E-state index contributed by atoms with van der Waals surface area (Å²) in [6.45, 7) is 2.22. The zero-order chi connectivity index (χ0) is 9.26. The fourth-order valence-corrected chi connectivity index (χ4v) is 2.11. The number of fused-ring (bicyclic) bond motifs is 1. The van der Waals surface area contributed by atoms with Crippen LogP contribution in [0.4, 0.5) is 0 Å². The van der Waals surface area contributed by atoms with Gasteiger partial charge < -0.3 is 5.11 Å². The normalized spacial score (nSPS) is 27.8. The summed E-state index contributed by atoms with van der Waals surface area (Å²) in [5, 5.41) is 9.91. The molecule has 0 fully saturated rings. The van der Waals surface area contributed by atoms with E-state index in [-0.39, 0.29) is 6.10 Å². The summed E-state index contributed by atoms with van der Waals surface area (Å²) in [5.41, 5.74) is 2.48. The van der Waals surface area contributed by atoms with Gasteiger partial charge in [-0.1, -0.05) is 31.2 Å². The number of hydrogen-bond donors (Lipinski definition) is 1. The minimum atomic E-state index is -0.242. The third kappa shape index (κ3) is 1.75. The van der Waals surface area contributed by atoms with Gasteiger partial charge in [0, 0.05) is 0 Å². The second-order valence-electron chi connectivity index (χ2n) is 4.09. The molecule has 1 aliphatic rings. The third-order valence-electron chi connectivity index (χ3n) is 2.95. The average Bonchev–Trinajstić information content (AvgIpc) is 2.27. The van der Waals surface area contributed by atoms with E-state index in [4.69, 9.17) is 0 Å². The van der Waals surface area contributed by atoms with Gasteiger partial charge in [-0.3, -0.25) is 0 Å². The van der Waals surface area contributed by atoms with E-state index in [1.54, 1.807) is 0 Å². The van der Waals surface area contributed by atoms with Crippen LogP contribution in [0, 0.1) is 5.92 Å². The highest BCUT2D eigenvalue weighted by atomic mass is 16.3. The molecule has 0 heterocycles. The Balaban J connectivity index is 2.35. The van der Waals surface area contributed by atoms with Crippen molar-refractivity contribution in [3.63, 3.8) is 0 Å². The van der Waals surface area contributed by atoms with Crippen LogP contribution in [-0.2, 0) is 6.42 Å². The van der Waals surface area contributed by atoms with Gasteiger partial charge in [0.2, 0.25) is 0 Å². The van der Waals surface area contributed by atoms with Crippen LogP contribution in [0.2, 0.25) is 0 Å². The molecule has 0 amide bonds. The van der Waals surface area contributed by atoms with Crippen molar-refractivity contribution in [1.29, 1.82) is 0 Å². The summed E-state index contributed by atoms with van der Waals surface area (Å²) in [5.74, 6) is 0.641. The molecule has 1 aromatic rings. The molecular weight excluding hydrogens is 160 g/mol. The minimum absolute atomic E-state index is 0.242. The molecule has 13 heavy (non-hydrogen) atoms. The first-order valence-electron chi connectivity index (χ1n) is 5.03. The van der Waals surface area contributed by atoms with E-state index in [9.17, 15) is 5.11 Å². The third-order valence-corrected chi connectivity index (χ3v) is 2.95. The molecule has 0 aromatic heterocycles. The van der Waals surface area contributed by atoms with E-state index in [0.29, 0.717) is 5.92 Å². The van der Waals surface area contributed by atoms with Crippen molar-refractivity contribution in [2.24, 2.45) is 5.92 Å². The molecular formula is C12H16O. The molecule has 0 radical (unpaired) electrons. The van der Waals surface area contributed by atoms with E-state index in [0.717, 1.165) is 18.4 Å². The Morgan fingerprint density at radius 3 is 2.92 bits per heavy atom. The second-order valence-corrected chi connectivity index (χ2v) is 4.09. The van der Waals surface area contributed by atoms with Crippen LogP contribution in [0.5, 0.6) is 0 Å². The molecule has 2 atom stereocenters. The van der Waals surface area contributed by atoms with Gasteiger partial charge in [-0.15, -0.1) is 0 Å². The Morgan fingerprint density at radius 1 is 1.31 bits per heavy atom. The Labute approximate surface area is 79.4 Å². The molecule has 0 saturated heterocycles. The maximum absolute atomic E-state index is 9.91. The second kappa shape index (κ2) is 3.51. The molecule has 2 rings (SSSR count). The van der Waals surface area contributed by atoms with Crippen LogP contribution in [0.3, 0.4) is 0 Å². The largest absolute Gasteiger partial charge is 0.388 e. The highest BCUT2D eigenvalue weighted by Crippen LogP contribution is 2.31. The smallest absolute Gasteiger partial charge is 0.0795 e. The predicted molar refractivity (Wildman–Crippen MR) is 53.5 cm³/mol. The fourth-order valence-electron chi connectivity index (χ4n) is 2.11. The molecule has 2 unspecified atom stereocenters. The lowest BCUT2D eigenvalue weighted by Crippen LogP contribution is -2.01. The van der Waals surface area contributed by atoms with Crippen molar-refractivity contribution in [3.05, 3.63) is 35.4 Å². The van der Waals surface area contributed by atoms with Gasteiger partial charge in [-0.05, 0) is 36.3 Å². The van der Waals surface area contributed by atoms with Crippen LogP contribution in [0.1, 0.15) is 37.0 Å². The molecule has 0 saturated carbocycles. The van der Waals surface area contributed by atoms with Crippen LogP contribution in [-0.4, -0.2) is 5.11 Å². The van der Waals surface area contributed by atoms with E-state index < -0.39 is 0 Å². The monoisotopic (exact) mass is 176 g/mol. The number of aliphatic hydroxyl groups excluding tert-OH is 1. The highest BCUT2D eigenvalue weighted by molar-refractivity contribution is 5.30. The fraction of sp³-hybridized carbons (Fsp3) is 0.500. The van der Waals surface area contributed by atoms with E-state index in [1.165, 1.54) is 12.0 Å². The quantitative estimate of drug-likeness (QED) is 0.602. The summed E-state index contributed by atoms with van der Waals surface area (Å²) in [6.07, 6.45) is 2.99.